The molecule has 0 bridgehead atoms. The number of carboxylic acid groups (broad SMARTS) is 1. The number of nitrogens with zero attached hydrogens (tertiary/aromatic N) is 3. The van der Waals surface area contributed by atoms with Crippen molar-refractivity contribution in [1.29, 1.82) is 0 Å². The lowest BCUT2D eigenvalue weighted by molar-refractivity contribution is -0.0157. The number of benzene rings is 3. The second-order valence-electron chi connectivity index (χ2n) is 12.2. The van der Waals surface area contributed by atoms with Gasteiger partial charge >= 0.3 is 5.97 Å². The Kier molecular flexibility index (Phi) is 8.66. The van der Waals surface area contributed by atoms with E-state index in [-0.39, 0.29) is 0 Å². The fourth-order valence-corrected chi connectivity index (χ4v) is 7.25. The SMILES string of the molecule is COc1ccc(CN2CC3(CCC(c4ccc(Cl)cc4)=C(CN4CCN(c5ccc(C(=O)O)cc5)CC4)C3)C2)c(OC)c1. The van der Waals surface area contributed by atoms with Crippen LogP contribution in [0.1, 0.15) is 40.7 Å². The maximum atomic E-state index is 11.2. The van der Waals surface area contributed by atoms with Crippen LogP contribution in [0.4, 0.5) is 5.69 Å². The number of allylic oxidation sites excluding steroid dienone is 1. The van der Waals surface area contributed by atoms with Gasteiger partial charge in [-0.3, -0.25) is 9.80 Å². The molecule has 0 unspecified atom stereocenters. The van der Waals surface area contributed by atoms with E-state index in [1.165, 1.54) is 23.1 Å². The summed E-state index contributed by atoms with van der Waals surface area (Å²) in [4.78, 5) is 18.7. The molecule has 3 aromatic carbocycles. The highest BCUT2D eigenvalue weighted by Crippen LogP contribution is 2.49. The van der Waals surface area contributed by atoms with Crippen molar-refractivity contribution >= 4 is 28.8 Å². The predicted molar refractivity (Wildman–Crippen MR) is 172 cm³/mol. The molecule has 0 amide bonds. The molecular formula is C35H40ClN3O4. The van der Waals surface area contributed by atoms with Gasteiger partial charge in [0.15, 0.2) is 0 Å². The molecule has 0 radical (unpaired) electrons. The molecule has 6 rings (SSSR count). The minimum Gasteiger partial charge on any atom is -0.497 e. The van der Waals surface area contributed by atoms with E-state index in [2.05, 4.69) is 32.9 Å². The first kappa shape index (κ1) is 29.5. The Morgan fingerprint density at radius 3 is 2.26 bits per heavy atom. The summed E-state index contributed by atoms with van der Waals surface area (Å²) >= 11 is 6.25. The smallest absolute Gasteiger partial charge is 0.335 e. The molecule has 0 atom stereocenters. The summed E-state index contributed by atoms with van der Waals surface area (Å²) in [5.74, 6) is 0.808. The van der Waals surface area contributed by atoms with Crippen LogP contribution < -0.4 is 14.4 Å². The number of aromatic carboxylic acids is 1. The van der Waals surface area contributed by atoms with E-state index >= 15 is 0 Å². The Morgan fingerprint density at radius 2 is 1.60 bits per heavy atom. The van der Waals surface area contributed by atoms with Crippen molar-refractivity contribution in [1.82, 2.24) is 9.80 Å². The number of carbonyl (C=O) groups is 1. The number of hydrogen-bond donors (Lipinski definition) is 1. The largest absolute Gasteiger partial charge is 0.497 e. The summed E-state index contributed by atoms with van der Waals surface area (Å²) in [6.45, 7) is 7.88. The van der Waals surface area contributed by atoms with Crippen molar-refractivity contribution in [3.8, 4) is 11.5 Å². The fraction of sp³-hybridized carbons (Fsp3) is 0.400. The number of carboxylic acids is 1. The molecule has 0 aromatic heterocycles. The number of piperazine rings is 1. The Morgan fingerprint density at radius 1 is 0.884 bits per heavy atom. The third-order valence-corrected chi connectivity index (χ3v) is 9.64. The van der Waals surface area contributed by atoms with Crippen LogP contribution >= 0.6 is 11.6 Å². The molecule has 2 fully saturated rings. The molecule has 226 valence electrons. The first-order chi connectivity index (χ1) is 20.8. The molecular weight excluding hydrogens is 562 g/mol. The highest BCUT2D eigenvalue weighted by atomic mass is 35.5. The maximum absolute atomic E-state index is 11.2. The summed E-state index contributed by atoms with van der Waals surface area (Å²) < 4.78 is 11.0. The van der Waals surface area contributed by atoms with E-state index in [1.807, 2.05) is 36.4 Å². The summed E-state index contributed by atoms with van der Waals surface area (Å²) in [6, 6.07) is 21.7. The number of rotatable bonds is 9. The number of hydrogen-bond acceptors (Lipinski definition) is 6. The van der Waals surface area contributed by atoms with Crippen molar-refractivity contribution in [2.24, 2.45) is 5.41 Å². The Bertz CT molecular complexity index is 1470. The quantitative estimate of drug-likeness (QED) is 0.308. The molecule has 1 aliphatic carbocycles. The van der Waals surface area contributed by atoms with E-state index in [0.29, 0.717) is 11.0 Å². The Hall–Kier alpha value is -3.52. The average molecular weight is 602 g/mol. The van der Waals surface area contributed by atoms with Gasteiger partial charge < -0.3 is 19.5 Å². The van der Waals surface area contributed by atoms with Crippen molar-refractivity contribution in [2.75, 3.05) is 64.9 Å². The molecule has 3 aliphatic rings. The third kappa shape index (κ3) is 6.54. The van der Waals surface area contributed by atoms with Gasteiger partial charge in [0.25, 0.3) is 0 Å². The predicted octanol–water partition coefficient (Wildman–Crippen LogP) is 6.32. The number of anilines is 1. The van der Waals surface area contributed by atoms with Gasteiger partial charge in [-0.15, -0.1) is 0 Å². The van der Waals surface area contributed by atoms with Gasteiger partial charge in [-0.25, -0.2) is 4.79 Å². The zero-order chi connectivity index (χ0) is 30.0. The van der Waals surface area contributed by atoms with Crippen molar-refractivity contribution < 1.29 is 19.4 Å². The number of likely N-dealkylation sites (tertiary alicyclic amines) is 1. The van der Waals surface area contributed by atoms with Crippen LogP contribution in [0, 0.1) is 5.41 Å². The highest BCUT2D eigenvalue weighted by molar-refractivity contribution is 6.30. The molecule has 8 heteroatoms. The van der Waals surface area contributed by atoms with Gasteiger partial charge in [0.05, 0.1) is 19.8 Å². The molecule has 3 aromatic rings. The van der Waals surface area contributed by atoms with Gasteiger partial charge in [-0.1, -0.05) is 35.4 Å². The topological polar surface area (TPSA) is 65.5 Å². The summed E-state index contributed by atoms with van der Waals surface area (Å²) in [6.07, 6.45) is 3.41. The van der Waals surface area contributed by atoms with Crippen LogP contribution in [-0.4, -0.2) is 80.9 Å². The molecule has 43 heavy (non-hydrogen) atoms. The maximum Gasteiger partial charge on any atom is 0.335 e. The van der Waals surface area contributed by atoms with Crippen molar-refractivity contribution in [2.45, 2.75) is 25.8 Å². The lowest BCUT2D eigenvalue weighted by Crippen LogP contribution is -2.57. The monoisotopic (exact) mass is 601 g/mol. The number of ether oxygens (including phenoxy) is 2. The molecule has 1 N–H and O–H groups in total. The van der Waals surface area contributed by atoms with E-state index in [1.54, 1.807) is 31.9 Å². The lowest BCUT2D eigenvalue weighted by atomic mass is 9.65. The standard InChI is InChI=1S/C35H40ClN3O4/c1-42-31-12-7-27(33(19-31)43-2)21-38-23-35(24-38)14-13-32(25-3-8-29(36)9-4-25)28(20-35)22-37-15-17-39(18-16-37)30-10-5-26(6-11-30)34(40)41/h3-12,19H,13-18,20-24H2,1-2H3,(H,40,41). The van der Waals surface area contributed by atoms with Crippen LogP contribution in [-0.2, 0) is 6.54 Å². The van der Waals surface area contributed by atoms with Gasteiger partial charge in [-0.2, -0.15) is 0 Å². The van der Waals surface area contributed by atoms with E-state index in [0.717, 1.165) is 87.4 Å². The van der Waals surface area contributed by atoms with Gasteiger partial charge in [0, 0.05) is 74.7 Å². The first-order valence-electron chi connectivity index (χ1n) is 15.1. The van der Waals surface area contributed by atoms with E-state index in [9.17, 15) is 9.90 Å². The summed E-state index contributed by atoms with van der Waals surface area (Å²) in [7, 11) is 3.41. The van der Waals surface area contributed by atoms with Crippen molar-refractivity contribution in [3.63, 3.8) is 0 Å². The van der Waals surface area contributed by atoms with Crippen LogP contribution in [0.15, 0.2) is 72.3 Å². The molecule has 2 heterocycles. The number of halogens is 1. The Balaban J connectivity index is 1.13. The molecule has 0 saturated carbocycles. The zero-order valence-electron chi connectivity index (χ0n) is 25.0. The highest BCUT2D eigenvalue weighted by Gasteiger charge is 2.45. The summed E-state index contributed by atoms with van der Waals surface area (Å²) in [5, 5.41) is 10.0. The fourth-order valence-electron chi connectivity index (χ4n) is 7.12. The lowest BCUT2D eigenvalue weighted by Gasteiger charge is -2.54. The molecule has 1 spiro atoms. The third-order valence-electron chi connectivity index (χ3n) is 9.39. The minimum atomic E-state index is -0.888. The van der Waals surface area contributed by atoms with Gasteiger partial charge in [0.1, 0.15) is 11.5 Å². The van der Waals surface area contributed by atoms with Gasteiger partial charge in [0.2, 0.25) is 0 Å². The molecule has 2 saturated heterocycles. The summed E-state index contributed by atoms with van der Waals surface area (Å²) in [5.41, 5.74) is 7.28. The van der Waals surface area contributed by atoms with Crippen LogP contribution in [0.5, 0.6) is 11.5 Å². The zero-order valence-corrected chi connectivity index (χ0v) is 25.8. The average Bonchev–Trinajstić information content (AvgIpc) is 3.01. The second-order valence-corrected chi connectivity index (χ2v) is 12.6. The van der Waals surface area contributed by atoms with Gasteiger partial charge in [-0.05, 0) is 78.3 Å². The minimum absolute atomic E-state index is 0.318. The van der Waals surface area contributed by atoms with E-state index in [4.69, 9.17) is 21.1 Å². The van der Waals surface area contributed by atoms with Crippen LogP contribution in [0.2, 0.25) is 5.02 Å². The first-order valence-corrected chi connectivity index (χ1v) is 15.4. The number of methoxy groups -OCH3 is 2. The van der Waals surface area contributed by atoms with E-state index < -0.39 is 5.97 Å². The van der Waals surface area contributed by atoms with Crippen LogP contribution in [0.25, 0.3) is 5.57 Å². The normalized spacial score (nSPS) is 18.9. The second kappa shape index (κ2) is 12.6. The molecule has 2 aliphatic heterocycles. The van der Waals surface area contributed by atoms with Crippen molar-refractivity contribution in [3.05, 3.63) is 94.0 Å². The molecule has 7 nitrogen and oxygen atoms in total. The van der Waals surface area contributed by atoms with Crippen LogP contribution in [0.3, 0.4) is 0 Å². The Labute approximate surface area is 259 Å².